The predicted molar refractivity (Wildman–Crippen MR) is 110 cm³/mol. The highest BCUT2D eigenvalue weighted by atomic mass is 35.5. The van der Waals surface area contributed by atoms with Crippen LogP contribution < -0.4 is 0 Å². The number of hydrogen-bond acceptors (Lipinski definition) is 6. The zero-order valence-electron chi connectivity index (χ0n) is 17.0. The van der Waals surface area contributed by atoms with Crippen LogP contribution in [0.1, 0.15) is 32.8 Å². The van der Waals surface area contributed by atoms with Crippen LogP contribution in [0, 0.1) is 0 Å². The number of carbonyl (C=O) groups excluding carboxylic acids is 1. The quantitative estimate of drug-likeness (QED) is 0.692. The zero-order valence-corrected chi connectivity index (χ0v) is 18.5. The van der Waals surface area contributed by atoms with E-state index in [0.717, 1.165) is 5.56 Å². The van der Waals surface area contributed by atoms with E-state index in [1.54, 1.807) is 17.0 Å². The number of halogens is 2. The van der Waals surface area contributed by atoms with Crippen LogP contribution in [0.15, 0.2) is 18.2 Å². The van der Waals surface area contributed by atoms with Crippen LogP contribution in [0.25, 0.3) is 0 Å². The van der Waals surface area contributed by atoms with E-state index >= 15 is 0 Å². The lowest BCUT2D eigenvalue weighted by molar-refractivity contribution is -0.112. The molecular formula is C20H29Cl2NO6. The summed E-state index contributed by atoms with van der Waals surface area (Å²) in [6, 6.07) is 5.21. The summed E-state index contributed by atoms with van der Waals surface area (Å²) in [6.07, 6.45) is -0.952. The lowest BCUT2D eigenvalue weighted by atomic mass is 9.90. The summed E-state index contributed by atoms with van der Waals surface area (Å²) in [7, 11) is 0. The van der Waals surface area contributed by atoms with Crippen molar-refractivity contribution in [3.63, 3.8) is 0 Å². The minimum atomic E-state index is -0.982. The summed E-state index contributed by atoms with van der Waals surface area (Å²) in [4.78, 5) is 14.1. The second-order valence-electron chi connectivity index (χ2n) is 8.04. The van der Waals surface area contributed by atoms with Crippen molar-refractivity contribution in [2.45, 2.75) is 44.5 Å². The molecule has 9 heteroatoms. The molecule has 164 valence electrons. The molecule has 1 aliphatic heterocycles. The molecule has 2 atom stereocenters. The van der Waals surface area contributed by atoms with Crippen LogP contribution in [0.5, 0.6) is 0 Å². The molecule has 0 spiro atoms. The molecule has 0 aliphatic carbocycles. The smallest absolute Gasteiger partial charge is 0.410 e. The Morgan fingerprint density at radius 3 is 2.66 bits per heavy atom. The van der Waals surface area contributed by atoms with Gasteiger partial charge in [-0.25, -0.2) is 4.79 Å². The van der Waals surface area contributed by atoms with Crippen molar-refractivity contribution in [2.24, 2.45) is 0 Å². The fourth-order valence-corrected chi connectivity index (χ4v) is 3.27. The van der Waals surface area contributed by atoms with Gasteiger partial charge >= 0.3 is 6.09 Å². The maximum absolute atomic E-state index is 12.5. The monoisotopic (exact) mass is 449 g/mol. The molecule has 0 saturated carbocycles. The number of rotatable bonds is 6. The van der Waals surface area contributed by atoms with Crippen molar-refractivity contribution in [2.75, 3.05) is 39.5 Å². The molecule has 1 amide bonds. The van der Waals surface area contributed by atoms with E-state index < -0.39 is 30.0 Å². The van der Waals surface area contributed by atoms with E-state index in [-0.39, 0.29) is 19.8 Å². The molecule has 2 rings (SSSR count). The minimum Gasteiger partial charge on any atom is -0.444 e. The van der Waals surface area contributed by atoms with Gasteiger partial charge in [-0.1, -0.05) is 29.3 Å². The highest BCUT2D eigenvalue weighted by Crippen LogP contribution is 2.36. The average molecular weight is 450 g/mol. The van der Waals surface area contributed by atoms with Crippen LogP contribution in [-0.4, -0.2) is 72.4 Å². The third kappa shape index (κ3) is 6.98. The predicted octanol–water partition coefficient (Wildman–Crippen LogP) is 3.22. The van der Waals surface area contributed by atoms with E-state index in [2.05, 4.69) is 0 Å². The van der Waals surface area contributed by atoms with Gasteiger partial charge in [0.1, 0.15) is 17.3 Å². The van der Waals surface area contributed by atoms with Crippen molar-refractivity contribution in [3.05, 3.63) is 33.8 Å². The maximum Gasteiger partial charge on any atom is 0.410 e. The molecule has 1 aromatic carbocycles. The Kier molecular flexibility index (Phi) is 8.58. The van der Waals surface area contributed by atoms with Crippen molar-refractivity contribution >= 4 is 29.3 Å². The molecule has 1 fully saturated rings. The Labute approximate surface area is 181 Å². The van der Waals surface area contributed by atoms with Gasteiger partial charge in [0.25, 0.3) is 0 Å². The SMILES string of the molecule is CC(C)(C)OC(=O)N1CCO[C@](COC[C@@H](O)CO)(c2ccc(Cl)c(Cl)c2)CC1. The Morgan fingerprint density at radius 1 is 1.31 bits per heavy atom. The van der Waals surface area contributed by atoms with Gasteiger partial charge < -0.3 is 29.3 Å². The Morgan fingerprint density at radius 2 is 2.03 bits per heavy atom. The zero-order chi connectivity index (χ0) is 21.7. The Balaban J connectivity index is 2.21. The summed E-state index contributed by atoms with van der Waals surface area (Å²) in [5.41, 5.74) is -0.717. The number of ether oxygens (including phenoxy) is 3. The van der Waals surface area contributed by atoms with E-state index in [4.69, 9.17) is 42.5 Å². The summed E-state index contributed by atoms with van der Waals surface area (Å²) < 4.78 is 17.3. The van der Waals surface area contributed by atoms with Gasteiger partial charge in [-0.3, -0.25) is 0 Å². The maximum atomic E-state index is 12.5. The standard InChI is InChI=1S/C20H29Cl2NO6/c1-19(2,3)29-18(26)23-7-6-20(28-9-8-23,13-27-12-15(25)11-24)14-4-5-16(21)17(22)10-14/h4-5,10,15,24-25H,6-9,11-13H2,1-3H3/t15-,20+/m0/s1. The molecule has 7 nitrogen and oxygen atoms in total. The molecule has 2 N–H and O–H groups in total. The first-order valence-corrected chi connectivity index (χ1v) is 10.3. The first kappa shape index (κ1) is 24.2. The third-order valence-electron chi connectivity index (χ3n) is 4.48. The second kappa shape index (κ2) is 10.3. The molecule has 0 unspecified atom stereocenters. The van der Waals surface area contributed by atoms with E-state index in [0.29, 0.717) is 29.6 Å². The van der Waals surface area contributed by atoms with Crippen molar-refractivity contribution in [1.29, 1.82) is 0 Å². The number of amides is 1. The van der Waals surface area contributed by atoms with Crippen molar-refractivity contribution in [1.82, 2.24) is 4.90 Å². The van der Waals surface area contributed by atoms with Gasteiger partial charge in [0, 0.05) is 19.5 Å². The lowest BCUT2D eigenvalue weighted by Gasteiger charge is -2.33. The topological polar surface area (TPSA) is 88.5 Å². The fourth-order valence-electron chi connectivity index (χ4n) is 2.98. The molecule has 0 aromatic heterocycles. The fraction of sp³-hybridized carbons (Fsp3) is 0.650. The number of hydrogen-bond donors (Lipinski definition) is 2. The number of aliphatic hydroxyl groups is 2. The van der Waals surface area contributed by atoms with Crippen LogP contribution in [0.2, 0.25) is 10.0 Å². The summed E-state index contributed by atoms with van der Waals surface area (Å²) in [6.45, 7) is 6.16. The molecule has 1 aliphatic rings. The molecule has 29 heavy (non-hydrogen) atoms. The highest BCUT2D eigenvalue weighted by molar-refractivity contribution is 6.42. The van der Waals surface area contributed by atoms with Crippen molar-refractivity contribution < 1.29 is 29.2 Å². The van der Waals surface area contributed by atoms with Crippen LogP contribution in [0.4, 0.5) is 4.79 Å². The average Bonchev–Trinajstić information content (AvgIpc) is 2.86. The highest BCUT2D eigenvalue weighted by Gasteiger charge is 2.38. The van der Waals surface area contributed by atoms with E-state index in [1.165, 1.54) is 0 Å². The third-order valence-corrected chi connectivity index (χ3v) is 5.22. The van der Waals surface area contributed by atoms with Gasteiger partial charge in [0.2, 0.25) is 0 Å². The first-order valence-electron chi connectivity index (χ1n) is 9.50. The van der Waals surface area contributed by atoms with Gasteiger partial charge in [-0.15, -0.1) is 0 Å². The van der Waals surface area contributed by atoms with Crippen LogP contribution in [-0.2, 0) is 19.8 Å². The molecule has 0 bridgehead atoms. The number of aliphatic hydroxyl groups excluding tert-OH is 2. The van der Waals surface area contributed by atoms with Gasteiger partial charge in [0.15, 0.2) is 0 Å². The Hall–Kier alpha value is -1.09. The van der Waals surface area contributed by atoms with Crippen LogP contribution in [0.3, 0.4) is 0 Å². The second-order valence-corrected chi connectivity index (χ2v) is 8.85. The summed E-state index contributed by atoms with van der Waals surface area (Å²) in [5.74, 6) is 0. The van der Waals surface area contributed by atoms with E-state index in [9.17, 15) is 9.90 Å². The van der Waals surface area contributed by atoms with Crippen molar-refractivity contribution in [3.8, 4) is 0 Å². The minimum absolute atomic E-state index is 0.0429. The van der Waals surface area contributed by atoms with E-state index in [1.807, 2.05) is 26.8 Å². The van der Waals surface area contributed by atoms with Gasteiger partial charge in [-0.05, 0) is 38.5 Å². The molecular weight excluding hydrogens is 421 g/mol. The summed E-state index contributed by atoms with van der Waals surface area (Å²) in [5, 5.41) is 19.4. The van der Waals surface area contributed by atoms with Crippen LogP contribution >= 0.6 is 23.2 Å². The molecule has 1 saturated heterocycles. The molecule has 1 heterocycles. The molecule has 0 radical (unpaired) electrons. The number of carbonyl (C=O) groups is 1. The van der Waals surface area contributed by atoms with Gasteiger partial charge in [0.05, 0.1) is 36.5 Å². The summed E-state index contributed by atoms with van der Waals surface area (Å²) >= 11 is 12.3. The molecule has 1 aromatic rings. The number of benzene rings is 1. The Bertz CT molecular complexity index is 696. The normalized spacial score (nSPS) is 21.6. The number of nitrogens with zero attached hydrogens (tertiary/aromatic N) is 1. The largest absolute Gasteiger partial charge is 0.444 e. The first-order chi connectivity index (χ1) is 13.6. The van der Waals surface area contributed by atoms with Gasteiger partial charge in [-0.2, -0.15) is 0 Å². The lowest BCUT2D eigenvalue weighted by Crippen LogP contribution is -2.39.